The molecule has 1 aliphatic rings. The summed E-state index contributed by atoms with van der Waals surface area (Å²) in [6.45, 7) is -0.386. The van der Waals surface area contributed by atoms with Crippen LogP contribution in [0.5, 0.6) is 11.5 Å². The molecule has 9 nitrogen and oxygen atoms in total. The number of methoxy groups -OCH3 is 2. The number of nitrogens with zero attached hydrogens (tertiary/aromatic N) is 2. The van der Waals surface area contributed by atoms with Crippen LogP contribution < -0.4 is 19.1 Å². The Kier molecular flexibility index (Phi) is 11.1. The Morgan fingerprint density at radius 2 is 1.51 bits per heavy atom. The van der Waals surface area contributed by atoms with Gasteiger partial charge in [-0.25, -0.2) is 8.42 Å². The van der Waals surface area contributed by atoms with Crippen LogP contribution in [-0.2, 0) is 32.6 Å². The molecule has 0 heterocycles. The summed E-state index contributed by atoms with van der Waals surface area (Å²) < 4.78 is 37.6. The molecule has 1 unspecified atom stereocenters. The summed E-state index contributed by atoms with van der Waals surface area (Å²) in [5, 5.41) is 3.21. The minimum Gasteiger partial charge on any atom is -0.497 e. The van der Waals surface area contributed by atoms with Gasteiger partial charge in [-0.3, -0.25) is 13.9 Å². The number of benzene rings is 3. The number of hydrogen-bond acceptors (Lipinski definition) is 6. The first kappa shape index (κ1) is 31.9. The van der Waals surface area contributed by atoms with Gasteiger partial charge in [0.15, 0.2) is 0 Å². The first-order chi connectivity index (χ1) is 20.7. The highest BCUT2D eigenvalue weighted by Gasteiger charge is 2.34. The summed E-state index contributed by atoms with van der Waals surface area (Å²) in [5.41, 5.74) is 1.97. The van der Waals surface area contributed by atoms with Crippen molar-refractivity contribution in [3.8, 4) is 11.5 Å². The minimum atomic E-state index is -3.85. The smallest absolute Gasteiger partial charge is 0.244 e. The average Bonchev–Trinajstić information content (AvgIpc) is 3.02. The van der Waals surface area contributed by atoms with E-state index in [-0.39, 0.29) is 24.9 Å². The van der Waals surface area contributed by atoms with Crippen molar-refractivity contribution >= 4 is 27.5 Å². The van der Waals surface area contributed by atoms with Crippen molar-refractivity contribution in [1.82, 2.24) is 10.2 Å². The highest BCUT2D eigenvalue weighted by molar-refractivity contribution is 7.92. The number of carbonyl (C=O) groups is 2. The van der Waals surface area contributed by atoms with E-state index in [2.05, 4.69) is 5.32 Å². The maximum atomic E-state index is 14.3. The number of carbonyl (C=O) groups excluding carboxylic acids is 2. The van der Waals surface area contributed by atoms with Gasteiger partial charge in [-0.2, -0.15) is 0 Å². The van der Waals surface area contributed by atoms with Gasteiger partial charge in [-0.05, 0) is 60.4 Å². The van der Waals surface area contributed by atoms with E-state index in [1.165, 1.54) is 12.0 Å². The van der Waals surface area contributed by atoms with Gasteiger partial charge in [0.05, 0.1) is 26.2 Å². The van der Waals surface area contributed by atoms with E-state index in [1.807, 2.05) is 54.6 Å². The monoisotopic (exact) mass is 607 g/mol. The third-order valence-corrected chi connectivity index (χ3v) is 8.89. The van der Waals surface area contributed by atoms with Crippen molar-refractivity contribution in [2.24, 2.45) is 0 Å². The summed E-state index contributed by atoms with van der Waals surface area (Å²) in [6, 6.07) is 22.5. The molecule has 1 atom stereocenters. The van der Waals surface area contributed by atoms with E-state index in [9.17, 15) is 18.0 Å². The van der Waals surface area contributed by atoms with E-state index in [1.54, 1.807) is 31.4 Å². The molecule has 0 bridgehead atoms. The van der Waals surface area contributed by atoms with Crippen molar-refractivity contribution in [2.75, 3.05) is 31.3 Å². The van der Waals surface area contributed by atoms with Gasteiger partial charge in [-0.15, -0.1) is 0 Å². The molecule has 0 aromatic heterocycles. The Bertz CT molecular complexity index is 1460. The van der Waals surface area contributed by atoms with Crippen molar-refractivity contribution in [1.29, 1.82) is 0 Å². The van der Waals surface area contributed by atoms with Crippen LogP contribution in [0.1, 0.15) is 43.2 Å². The molecule has 10 heteroatoms. The van der Waals surface area contributed by atoms with Gasteiger partial charge >= 0.3 is 0 Å². The lowest BCUT2D eigenvalue weighted by Gasteiger charge is -2.35. The van der Waals surface area contributed by atoms with Crippen molar-refractivity contribution < 1.29 is 27.5 Å². The zero-order valence-corrected chi connectivity index (χ0v) is 25.9. The molecular weight excluding hydrogens is 566 g/mol. The van der Waals surface area contributed by atoms with E-state index < -0.39 is 28.5 Å². The highest BCUT2D eigenvalue weighted by Crippen LogP contribution is 2.24. The molecule has 0 radical (unpaired) electrons. The van der Waals surface area contributed by atoms with E-state index in [4.69, 9.17) is 9.47 Å². The predicted octanol–water partition coefficient (Wildman–Crippen LogP) is 4.56. The second-order valence-electron chi connectivity index (χ2n) is 10.9. The molecule has 0 spiro atoms. The van der Waals surface area contributed by atoms with Crippen LogP contribution in [0.15, 0.2) is 78.9 Å². The second-order valence-corrected chi connectivity index (χ2v) is 12.8. The van der Waals surface area contributed by atoms with Crippen molar-refractivity contribution in [3.05, 3.63) is 90.0 Å². The van der Waals surface area contributed by atoms with Crippen LogP contribution in [0.25, 0.3) is 0 Å². The molecule has 230 valence electrons. The minimum absolute atomic E-state index is 0.0418. The van der Waals surface area contributed by atoms with Crippen LogP contribution in [0.2, 0.25) is 0 Å². The number of anilines is 1. The number of nitrogens with one attached hydrogen (secondary N) is 1. The maximum absolute atomic E-state index is 14.3. The van der Waals surface area contributed by atoms with Gasteiger partial charge in [0, 0.05) is 19.0 Å². The summed E-state index contributed by atoms with van der Waals surface area (Å²) >= 11 is 0. The Labute approximate surface area is 254 Å². The van der Waals surface area contributed by atoms with Crippen LogP contribution in [0.4, 0.5) is 5.69 Å². The highest BCUT2D eigenvalue weighted by atomic mass is 32.2. The third-order valence-electron chi connectivity index (χ3n) is 7.75. The SMILES string of the molecule is COc1ccc(N(CC(=O)N(Cc2cccc(OC)c2)C(Cc2ccccc2)C(=O)NC2CCCCC2)S(C)(=O)=O)cc1. The summed E-state index contributed by atoms with van der Waals surface area (Å²) in [5.74, 6) is 0.434. The Hall–Kier alpha value is -4.05. The standard InChI is InChI=1S/C33H41N3O6S/c1-41-29-19-17-28(18-20-29)36(43(3,39)40)24-32(37)35(23-26-13-10-16-30(21-26)42-2)31(22-25-11-6-4-7-12-25)33(38)34-27-14-8-5-9-15-27/h4,6-7,10-13,16-21,27,31H,5,8-9,14-15,22-24H2,1-3H3,(H,34,38). The van der Waals surface area contributed by atoms with Gasteiger partial charge in [0.2, 0.25) is 21.8 Å². The number of ether oxygens (including phenoxy) is 2. The van der Waals surface area contributed by atoms with E-state index >= 15 is 0 Å². The van der Waals surface area contributed by atoms with Crippen molar-refractivity contribution in [2.45, 2.75) is 57.2 Å². The molecule has 1 saturated carbocycles. The largest absolute Gasteiger partial charge is 0.497 e. The summed E-state index contributed by atoms with van der Waals surface area (Å²) in [4.78, 5) is 29.8. The zero-order chi connectivity index (χ0) is 30.8. The van der Waals surface area contributed by atoms with Crippen LogP contribution in [-0.4, -0.2) is 64.2 Å². The Balaban J connectivity index is 1.72. The molecule has 3 aromatic rings. The van der Waals surface area contributed by atoms with Crippen molar-refractivity contribution in [3.63, 3.8) is 0 Å². The quantitative estimate of drug-likeness (QED) is 0.306. The molecule has 1 aliphatic carbocycles. The molecule has 43 heavy (non-hydrogen) atoms. The maximum Gasteiger partial charge on any atom is 0.244 e. The Morgan fingerprint density at radius 1 is 0.860 bits per heavy atom. The van der Waals surface area contributed by atoms with E-state index in [0.29, 0.717) is 17.2 Å². The third kappa shape index (κ3) is 8.97. The Morgan fingerprint density at radius 3 is 2.14 bits per heavy atom. The van der Waals surface area contributed by atoms with Crippen LogP contribution in [0, 0.1) is 0 Å². The topological polar surface area (TPSA) is 105 Å². The molecule has 3 aromatic carbocycles. The van der Waals surface area contributed by atoms with Gasteiger partial charge in [0.1, 0.15) is 24.1 Å². The second kappa shape index (κ2) is 14.9. The van der Waals surface area contributed by atoms with Crippen LogP contribution >= 0.6 is 0 Å². The van der Waals surface area contributed by atoms with Gasteiger partial charge < -0.3 is 19.7 Å². The molecule has 2 amide bonds. The first-order valence-electron chi connectivity index (χ1n) is 14.6. The first-order valence-corrected chi connectivity index (χ1v) is 16.4. The molecule has 0 saturated heterocycles. The van der Waals surface area contributed by atoms with Gasteiger partial charge in [-0.1, -0.05) is 61.7 Å². The lowest BCUT2D eigenvalue weighted by molar-refractivity contribution is -0.140. The summed E-state index contributed by atoms with van der Waals surface area (Å²) in [7, 11) is -0.764. The lowest BCUT2D eigenvalue weighted by Crippen LogP contribution is -2.55. The fourth-order valence-electron chi connectivity index (χ4n) is 5.43. The van der Waals surface area contributed by atoms with E-state index in [0.717, 1.165) is 53.8 Å². The average molecular weight is 608 g/mol. The fourth-order valence-corrected chi connectivity index (χ4v) is 6.28. The molecule has 4 rings (SSSR count). The molecule has 1 N–H and O–H groups in total. The predicted molar refractivity (Wildman–Crippen MR) is 168 cm³/mol. The normalized spacial score (nSPS) is 14.4. The van der Waals surface area contributed by atoms with Crippen LogP contribution in [0.3, 0.4) is 0 Å². The number of amides is 2. The fraction of sp³-hybridized carbons (Fsp3) is 0.394. The number of sulfonamides is 1. The number of rotatable bonds is 13. The number of hydrogen-bond donors (Lipinski definition) is 1. The molecule has 0 aliphatic heterocycles. The molecular formula is C33H41N3O6S. The zero-order valence-electron chi connectivity index (χ0n) is 25.1. The molecule has 1 fully saturated rings. The van der Waals surface area contributed by atoms with Gasteiger partial charge in [0.25, 0.3) is 0 Å². The lowest BCUT2D eigenvalue weighted by atomic mass is 9.94. The summed E-state index contributed by atoms with van der Waals surface area (Å²) in [6.07, 6.45) is 6.37.